The number of carbonyl (C=O) groups excluding carboxylic acids is 1. The van der Waals surface area contributed by atoms with Gasteiger partial charge in [-0.15, -0.1) is 0 Å². The highest BCUT2D eigenvalue weighted by Gasteiger charge is 2.11. The Bertz CT molecular complexity index is 612. The molecular weight excluding hydrogens is 228 g/mol. The van der Waals surface area contributed by atoms with Crippen LogP contribution >= 0.6 is 0 Å². The van der Waals surface area contributed by atoms with Crippen LogP contribution in [0.4, 0.5) is 0 Å². The van der Waals surface area contributed by atoms with Crippen LogP contribution in [-0.2, 0) is 0 Å². The molecule has 0 fully saturated rings. The lowest BCUT2D eigenvalue weighted by Crippen LogP contribution is -2.10. The number of aryl methyl sites for hydroxylation is 1. The Hall–Kier alpha value is -2.67. The smallest absolute Gasteiger partial charge is 0.345 e. The first-order chi connectivity index (χ1) is 8.70. The van der Waals surface area contributed by atoms with Crippen molar-refractivity contribution in [1.29, 1.82) is 5.26 Å². The predicted octanol–water partition coefficient (Wildman–Crippen LogP) is 2.48. The van der Waals surface area contributed by atoms with E-state index in [2.05, 4.69) is 4.98 Å². The van der Waals surface area contributed by atoms with E-state index in [1.54, 1.807) is 18.2 Å². The number of pyridine rings is 1. The van der Waals surface area contributed by atoms with E-state index in [4.69, 9.17) is 10.00 Å². The zero-order chi connectivity index (χ0) is 13.0. The average molecular weight is 238 g/mol. The van der Waals surface area contributed by atoms with Crippen molar-refractivity contribution in [2.45, 2.75) is 6.92 Å². The topological polar surface area (TPSA) is 63.0 Å². The Morgan fingerprint density at radius 3 is 2.67 bits per heavy atom. The maximum atomic E-state index is 11.9. The fourth-order valence-corrected chi connectivity index (χ4v) is 1.46. The van der Waals surface area contributed by atoms with Crippen LogP contribution in [0.2, 0.25) is 0 Å². The van der Waals surface area contributed by atoms with E-state index in [9.17, 15) is 4.79 Å². The van der Waals surface area contributed by atoms with Gasteiger partial charge in [-0.1, -0.05) is 18.2 Å². The van der Waals surface area contributed by atoms with Crippen molar-refractivity contribution >= 4 is 5.97 Å². The number of nitrogens with zero attached hydrogens (tertiary/aromatic N) is 2. The minimum atomic E-state index is -0.453. The highest BCUT2D eigenvalue weighted by atomic mass is 16.5. The van der Waals surface area contributed by atoms with Gasteiger partial charge in [0.25, 0.3) is 0 Å². The number of aromatic nitrogens is 1. The molecule has 1 aromatic heterocycles. The summed E-state index contributed by atoms with van der Waals surface area (Å²) < 4.78 is 5.12. The van der Waals surface area contributed by atoms with Gasteiger partial charge < -0.3 is 4.74 Å². The van der Waals surface area contributed by atoms with Crippen molar-refractivity contribution in [1.82, 2.24) is 4.98 Å². The lowest BCUT2D eigenvalue weighted by Gasteiger charge is -2.05. The molecular formula is C14H10N2O2. The maximum absolute atomic E-state index is 11.9. The SMILES string of the molecule is Cc1ccccc1C(=O)Oc1ccc(C#N)cn1. The molecule has 0 N–H and O–H groups in total. The first-order valence-corrected chi connectivity index (χ1v) is 5.34. The summed E-state index contributed by atoms with van der Waals surface area (Å²) in [5.74, 6) is -0.271. The van der Waals surface area contributed by atoms with Crippen molar-refractivity contribution in [2.24, 2.45) is 0 Å². The zero-order valence-electron chi connectivity index (χ0n) is 9.75. The third-order valence-electron chi connectivity index (χ3n) is 2.43. The first-order valence-electron chi connectivity index (χ1n) is 5.34. The van der Waals surface area contributed by atoms with E-state index in [1.165, 1.54) is 12.3 Å². The van der Waals surface area contributed by atoms with Gasteiger partial charge >= 0.3 is 5.97 Å². The Morgan fingerprint density at radius 2 is 2.06 bits per heavy atom. The van der Waals surface area contributed by atoms with Gasteiger partial charge in [0.05, 0.1) is 11.1 Å². The number of nitriles is 1. The van der Waals surface area contributed by atoms with E-state index in [-0.39, 0.29) is 5.88 Å². The minimum absolute atomic E-state index is 0.183. The van der Waals surface area contributed by atoms with Gasteiger partial charge in [-0.2, -0.15) is 5.26 Å². The van der Waals surface area contributed by atoms with Crippen molar-refractivity contribution in [3.8, 4) is 11.9 Å². The third-order valence-corrected chi connectivity index (χ3v) is 2.43. The second kappa shape index (κ2) is 5.11. The molecule has 2 rings (SSSR count). The zero-order valence-corrected chi connectivity index (χ0v) is 9.75. The summed E-state index contributed by atoms with van der Waals surface area (Å²) in [6.45, 7) is 1.84. The van der Waals surface area contributed by atoms with Gasteiger partial charge in [0.2, 0.25) is 5.88 Å². The Labute approximate surface area is 104 Å². The largest absolute Gasteiger partial charge is 0.404 e. The number of ether oxygens (including phenoxy) is 1. The van der Waals surface area contributed by atoms with Crippen LogP contribution in [0.1, 0.15) is 21.5 Å². The normalized spacial score (nSPS) is 9.56. The quantitative estimate of drug-likeness (QED) is 0.754. The molecule has 0 saturated carbocycles. The van der Waals surface area contributed by atoms with Gasteiger partial charge in [-0.25, -0.2) is 9.78 Å². The van der Waals surface area contributed by atoms with E-state index in [0.717, 1.165) is 5.56 Å². The molecule has 0 aliphatic heterocycles. The average Bonchev–Trinajstić information content (AvgIpc) is 2.40. The van der Waals surface area contributed by atoms with Gasteiger partial charge in [0, 0.05) is 12.3 Å². The van der Waals surface area contributed by atoms with Crippen molar-refractivity contribution < 1.29 is 9.53 Å². The fourth-order valence-electron chi connectivity index (χ4n) is 1.46. The molecule has 0 unspecified atom stereocenters. The highest BCUT2D eigenvalue weighted by molar-refractivity contribution is 5.92. The summed E-state index contributed by atoms with van der Waals surface area (Å²) in [6, 6.07) is 12.1. The number of hydrogen-bond acceptors (Lipinski definition) is 4. The monoisotopic (exact) mass is 238 g/mol. The Balaban J connectivity index is 2.17. The number of benzene rings is 1. The molecule has 4 heteroatoms. The molecule has 0 bridgehead atoms. The van der Waals surface area contributed by atoms with E-state index in [1.807, 2.05) is 25.1 Å². The molecule has 0 aliphatic carbocycles. The van der Waals surface area contributed by atoms with Gasteiger partial charge in [0.15, 0.2) is 0 Å². The number of esters is 1. The molecule has 0 amide bonds. The summed E-state index contributed by atoms with van der Waals surface area (Å²) in [5, 5.41) is 8.63. The molecule has 1 heterocycles. The number of carbonyl (C=O) groups is 1. The minimum Gasteiger partial charge on any atom is -0.404 e. The predicted molar refractivity (Wildman–Crippen MR) is 65.1 cm³/mol. The number of rotatable bonds is 2. The molecule has 2 aromatic rings. The van der Waals surface area contributed by atoms with Crippen LogP contribution < -0.4 is 4.74 Å². The van der Waals surface area contributed by atoms with E-state index in [0.29, 0.717) is 11.1 Å². The number of hydrogen-bond donors (Lipinski definition) is 0. The van der Waals surface area contributed by atoms with Gasteiger partial charge in [-0.05, 0) is 24.6 Å². The summed E-state index contributed by atoms with van der Waals surface area (Å²) in [5.41, 5.74) is 1.77. The van der Waals surface area contributed by atoms with Crippen molar-refractivity contribution in [2.75, 3.05) is 0 Å². The summed E-state index contributed by atoms with van der Waals surface area (Å²) in [7, 11) is 0. The molecule has 0 saturated heterocycles. The molecule has 4 nitrogen and oxygen atoms in total. The lowest BCUT2D eigenvalue weighted by atomic mass is 10.1. The molecule has 0 radical (unpaired) electrons. The fraction of sp³-hybridized carbons (Fsp3) is 0.0714. The van der Waals surface area contributed by atoms with Gasteiger partial charge in [0.1, 0.15) is 6.07 Å². The van der Waals surface area contributed by atoms with Crippen molar-refractivity contribution in [3.63, 3.8) is 0 Å². The van der Waals surface area contributed by atoms with Crippen LogP contribution in [0.25, 0.3) is 0 Å². The first kappa shape index (κ1) is 11.8. The Morgan fingerprint density at radius 1 is 1.28 bits per heavy atom. The molecule has 1 aromatic carbocycles. The van der Waals surface area contributed by atoms with Crippen LogP contribution in [0.5, 0.6) is 5.88 Å². The van der Waals surface area contributed by atoms with Crippen LogP contribution in [0.3, 0.4) is 0 Å². The van der Waals surface area contributed by atoms with Crippen LogP contribution in [-0.4, -0.2) is 11.0 Å². The van der Waals surface area contributed by atoms with Crippen LogP contribution in [0.15, 0.2) is 42.6 Å². The lowest BCUT2D eigenvalue weighted by molar-refractivity contribution is 0.0727. The summed E-state index contributed by atoms with van der Waals surface area (Å²) >= 11 is 0. The highest BCUT2D eigenvalue weighted by Crippen LogP contribution is 2.12. The standard InChI is InChI=1S/C14H10N2O2/c1-10-4-2-3-5-12(10)14(17)18-13-7-6-11(8-15)9-16-13/h2-7,9H,1H3. The molecule has 0 aliphatic rings. The summed E-state index contributed by atoms with van der Waals surface area (Å²) in [4.78, 5) is 15.7. The second-order valence-corrected chi connectivity index (χ2v) is 3.70. The van der Waals surface area contributed by atoms with Crippen LogP contribution in [0, 0.1) is 18.3 Å². The molecule has 18 heavy (non-hydrogen) atoms. The molecule has 0 atom stereocenters. The molecule has 0 spiro atoms. The third kappa shape index (κ3) is 2.53. The summed E-state index contributed by atoms with van der Waals surface area (Å²) in [6.07, 6.45) is 1.36. The van der Waals surface area contributed by atoms with Crippen molar-refractivity contribution in [3.05, 3.63) is 59.3 Å². The Kier molecular flexibility index (Phi) is 3.35. The maximum Gasteiger partial charge on any atom is 0.345 e. The van der Waals surface area contributed by atoms with E-state index >= 15 is 0 Å². The van der Waals surface area contributed by atoms with Gasteiger partial charge in [-0.3, -0.25) is 0 Å². The second-order valence-electron chi connectivity index (χ2n) is 3.70. The molecule has 88 valence electrons. The van der Waals surface area contributed by atoms with E-state index < -0.39 is 5.97 Å².